The lowest BCUT2D eigenvalue weighted by molar-refractivity contribution is 0.113. The topological polar surface area (TPSA) is 49.9 Å². The van der Waals surface area contributed by atoms with Crippen LogP contribution in [0.3, 0.4) is 0 Å². The number of benzene rings is 1. The highest BCUT2D eigenvalue weighted by Crippen LogP contribution is 2.22. The molecule has 1 aromatic carbocycles. The third kappa shape index (κ3) is 4.03. The lowest BCUT2D eigenvalue weighted by atomic mass is 10.1. The number of aryl methyl sites for hydroxylation is 1. The Morgan fingerprint density at radius 2 is 2.05 bits per heavy atom. The molecule has 1 aliphatic rings. The van der Waals surface area contributed by atoms with E-state index >= 15 is 0 Å². The van der Waals surface area contributed by atoms with E-state index in [0.29, 0.717) is 31.2 Å². The average molecular weight is 312 g/mol. The van der Waals surface area contributed by atoms with Gasteiger partial charge in [-0.15, -0.1) is 0 Å². The fraction of sp³-hybridized carbons (Fsp3) is 0.600. The van der Waals surface area contributed by atoms with Crippen LogP contribution in [0.2, 0.25) is 0 Å². The molecule has 1 atom stereocenters. The Hall–Kier alpha value is -0.950. The summed E-state index contributed by atoms with van der Waals surface area (Å²) in [7, 11) is 0.532. The molecule has 1 heterocycles. The van der Waals surface area contributed by atoms with Gasteiger partial charge < -0.3 is 9.64 Å². The van der Waals surface area contributed by atoms with Gasteiger partial charge >= 0.3 is 0 Å². The van der Waals surface area contributed by atoms with Crippen LogP contribution in [-0.2, 0) is 14.8 Å². The number of sulfonamides is 1. The zero-order chi connectivity index (χ0) is 15.5. The van der Waals surface area contributed by atoms with Crippen LogP contribution < -0.4 is 0 Å². The summed E-state index contributed by atoms with van der Waals surface area (Å²) in [6.45, 7) is 4.64. The van der Waals surface area contributed by atoms with E-state index in [9.17, 15) is 8.42 Å². The molecule has 1 aliphatic heterocycles. The quantitative estimate of drug-likeness (QED) is 0.838. The first-order valence-corrected chi connectivity index (χ1v) is 8.63. The third-order valence-electron chi connectivity index (χ3n) is 3.64. The van der Waals surface area contributed by atoms with E-state index in [4.69, 9.17) is 4.74 Å². The van der Waals surface area contributed by atoms with E-state index in [2.05, 4.69) is 4.90 Å². The molecule has 0 N–H and O–H groups in total. The molecule has 0 aromatic heterocycles. The molecule has 0 bridgehead atoms. The van der Waals surface area contributed by atoms with Gasteiger partial charge in [-0.1, -0.05) is 18.2 Å². The van der Waals surface area contributed by atoms with Gasteiger partial charge in [-0.25, -0.2) is 8.42 Å². The Bertz CT molecular complexity index is 572. The van der Waals surface area contributed by atoms with Crippen molar-refractivity contribution in [1.29, 1.82) is 0 Å². The number of hydrogen-bond acceptors (Lipinski definition) is 4. The van der Waals surface area contributed by atoms with Gasteiger partial charge in [0, 0.05) is 25.6 Å². The van der Waals surface area contributed by atoms with Gasteiger partial charge in [0.2, 0.25) is 10.0 Å². The Labute approximate surface area is 127 Å². The molecule has 0 saturated carbocycles. The molecule has 1 saturated heterocycles. The number of ether oxygens (including phenoxy) is 1. The predicted octanol–water partition coefficient (Wildman–Crippen LogP) is 1.19. The van der Waals surface area contributed by atoms with Crippen molar-refractivity contribution in [2.24, 2.45) is 5.92 Å². The van der Waals surface area contributed by atoms with Crippen molar-refractivity contribution >= 4 is 10.0 Å². The van der Waals surface area contributed by atoms with Crippen LogP contribution in [-0.4, -0.2) is 64.6 Å². The van der Waals surface area contributed by atoms with Gasteiger partial charge in [-0.3, -0.25) is 0 Å². The third-order valence-corrected chi connectivity index (χ3v) is 5.66. The molecule has 2 rings (SSSR count). The van der Waals surface area contributed by atoms with E-state index in [0.717, 1.165) is 12.1 Å². The Morgan fingerprint density at radius 3 is 2.71 bits per heavy atom. The van der Waals surface area contributed by atoms with Gasteiger partial charge in [0.25, 0.3) is 0 Å². The highest BCUT2D eigenvalue weighted by atomic mass is 32.2. The minimum absolute atomic E-state index is 0.196. The Balaban J connectivity index is 2.24. The van der Waals surface area contributed by atoms with Crippen LogP contribution >= 0.6 is 0 Å². The van der Waals surface area contributed by atoms with Crippen molar-refractivity contribution in [3.8, 4) is 0 Å². The van der Waals surface area contributed by atoms with Crippen molar-refractivity contribution in [2.45, 2.75) is 11.8 Å². The van der Waals surface area contributed by atoms with Crippen LogP contribution in [0.5, 0.6) is 0 Å². The second kappa shape index (κ2) is 6.87. The van der Waals surface area contributed by atoms with E-state index < -0.39 is 10.0 Å². The van der Waals surface area contributed by atoms with Gasteiger partial charge in [0.15, 0.2) is 0 Å². The summed E-state index contributed by atoms with van der Waals surface area (Å²) in [5.74, 6) is 0.196. The molecule has 21 heavy (non-hydrogen) atoms. The first kappa shape index (κ1) is 16.4. The summed E-state index contributed by atoms with van der Waals surface area (Å²) < 4.78 is 32.8. The zero-order valence-corrected chi connectivity index (χ0v) is 13.8. The van der Waals surface area contributed by atoms with Crippen LogP contribution in [0.25, 0.3) is 0 Å². The lowest BCUT2D eigenvalue weighted by Crippen LogP contribution is -2.38. The van der Waals surface area contributed by atoms with E-state index in [-0.39, 0.29) is 5.92 Å². The van der Waals surface area contributed by atoms with Crippen molar-refractivity contribution in [1.82, 2.24) is 9.21 Å². The fourth-order valence-corrected chi connectivity index (χ4v) is 4.40. The Morgan fingerprint density at radius 1 is 1.33 bits per heavy atom. The van der Waals surface area contributed by atoms with Crippen LogP contribution in [0, 0.1) is 12.8 Å². The van der Waals surface area contributed by atoms with Crippen molar-refractivity contribution in [3.63, 3.8) is 0 Å². The average Bonchev–Trinajstić information content (AvgIpc) is 2.64. The van der Waals surface area contributed by atoms with Gasteiger partial charge in [0.1, 0.15) is 0 Å². The number of nitrogens with zero attached hydrogens (tertiary/aromatic N) is 2. The van der Waals surface area contributed by atoms with Crippen molar-refractivity contribution in [2.75, 3.05) is 46.9 Å². The first-order valence-electron chi connectivity index (χ1n) is 7.19. The number of hydrogen-bond donors (Lipinski definition) is 0. The van der Waals surface area contributed by atoms with Gasteiger partial charge in [0.05, 0.1) is 18.1 Å². The molecule has 0 spiro atoms. The van der Waals surface area contributed by atoms with Gasteiger partial charge in [-0.05, 0) is 32.6 Å². The van der Waals surface area contributed by atoms with E-state index in [1.165, 1.54) is 0 Å². The largest absolute Gasteiger partial charge is 0.380 e. The molecule has 6 heteroatoms. The highest BCUT2D eigenvalue weighted by Gasteiger charge is 2.30. The first-order chi connectivity index (χ1) is 9.91. The predicted molar refractivity (Wildman–Crippen MR) is 82.8 cm³/mol. The summed E-state index contributed by atoms with van der Waals surface area (Å²) in [6.07, 6.45) is 0. The molecule has 0 amide bonds. The normalized spacial score (nSPS) is 21.4. The summed E-state index contributed by atoms with van der Waals surface area (Å²) in [5.41, 5.74) is 0.784. The smallest absolute Gasteiger partial charge is 0.243 e. The minimum atomic E-state index is -3.45. The maximum atomic E-state index is 12.8. The minimum Gasteiger partial charge on any atom is -0.380 e. The second-order valence-electron chi connectivity index (χ2n) is 5.83. The summed E-state index contributed by atoms with van der Waals surface area (Å²) in [4.78, 5) is 2.47. The molecule has 1 aromatic rings. The maximum Gasteiger partial charge on any atom is 0.243 e. The van der Waals surface area contributed by atoms with Crippen LogP contribution in [0.4, 0.5) is 0 Å². The SMILES string of the molecule is Cc1ccccc1S(=O)(=O)N1CCOCC(CN(C)C)C1. The summed E-state index contributed by atoms with van der Waals surface area (Å²) >= 11 is 0. The van der Waals surface area contributed by atoms with Gasteiger partial charge in [-0.2, -0.15) is 4.31 Å². The van der Waals surface area contributed by atoms with Crippen LogP contribution in [0.15, 0.2) is 29.2 Å². The summed E-state index contributed by atoms with van der Waals surface area (Å²) in [6, 6.07) is 7.14. The standard InChI is InChI=1S/C15H24N2O3S/c1-13-6-4-5-7-15(13)21(18,19)17-8-9-20-12-14(11-17)10-16(2)3/h4-7,14H,8-12H2,1-3H3. The monoisotopic (exact) mass is 312 g/mol. The fourth-order valence-electron chi connectivity index (χ4n) is 2.68. The molecular formula is C15H24N2O3S. The highest BCUT2D eigenvalue weighted by molar-refractivity contribution is 7.89. The van der Waals surface area contributed by atoms with Crippen molar-refractivity contribution < 1.29 is 13.2 Å². The van der Waals surface area contributed by atoms with Crippen molar-refractivity contribution in [3.05, 3.63) is 29.8 Å². The zero-order valence-electron chi connectivity index (χ0n) is 12.9. The molecule has 0 radical (unpaired) electrons. The maximum absolute atomic E-state index is 12.8. The molecular weight excluding hydrogens is 288 g/mol. The summed E-state index contributed by atoms with van der Waals surface area (Å²) in [5, 5.41) is 0. The lowest BCUT2D eigenvalue weighted by Gasteiger charge is -2.25. The Kier molecular flexibility index (Phi) is 5.37. The molecule has 1 unspecified atom stereocenters. The van der Waals surface area contributed by atoms with E-state index in [1.54, 1.807) is 16.4 Å². The van der Waals surface area contributed by atoms with Crippen LogP contribution in [0.1, 0.15) is 5.56 Å². The molecule has 0 aliphatic carbocycles. The molecule has 118 valence electrons. The second-order valence-corrected chi connectivity index (χ2v) is 7.74. The molecule has 1 fully saturated rings. The number of rotatable bonds is 4. The van der Waals surface area contributed by atoms with E-state index in [1.807, 2.05) is 33.2 Å². The molecule has 5 nitrogen and oxygen atoms in total.